The first-order valence-corrected chi connectivity index (χ1v) is 8.72. The second-order valence-electron chi connectivity index (χ2n) is 5.31. The van der Waals surface area contributed by atoms with Crippen LogP contribution in [0.3, 0.4) is 0 Å². The molecule has 2 N–H and O–H groups in total. The van der Waals surface area contributed by atoms with E-state index in [2.05, 4.69) is 10.6 Å². The topological polar surface area (TPSA) is 84.5 Å². The minimum absolute atomic E-state index is 0.125. The van der Waals surface area contributed by atoms with E-state index in [4.69, 9.17) is 4.74 Å². The molecule has 1 aliphatic rings. The summed E-state index contributed by atoms with van der Waals surface area (Å²) in [4.78, 5) is 36.1. The number of benzene rings is 1. The van der Waals surface area contributed by atoms with Crippen LogP contribution in [0.15, 0.2) is 29.2 Å². The van der Waals surface area contributed by atoms with Crippen LogP contribution in [0.25, 0.3) is 0 Å². The standard InChI is InChI=1S/C16H20N2O4S/c1-23-13-8-6-11(7-9-13)15(20)22-10-14(19)18-16(21)17-12-4-2-3-5-12/h6-9,12H,2-5,10H2,1H3,(H2,17,18,19,21). The summed E-state index contributed by atoms with van der Waals surface area (Å²) in [5.74, 6) is -1.24. The van der Waals surface area contributed by atoms with Gasteiger partial charge in [-0.05, 0) is 43.4 Å². The van der Waals surface area contributed by atoms with Gasteiger partial charge < -0.3 is 10.1 Å². The molecule has 0 aromatic heterocycles. The van der Waals surface area contributed by atoms with Crippen molar-refractivity contribution in [1.29, 1.82) is 0 Å². The predicted molar refractivity (Wildman–Crippen MR) is 87.4 cm³/mol. The lowest BCUT2D eigenvalue weighted by molar-refractivity contribution is -0.123. The summed E-state index contributed by atoms with van der Waals surface area (Å²) in [6, 6.07) is 6.47. The van der Waals surface area contributed by atoms with E-state index in [1.54, 1.807) is 36.0 Å². The van der Waals surface area contributed by atoms with Crippen LogP contribution in [-0.4, -0.2) is 36.8 Å². The Bertz CT molecular complexity index is 568. The average molecular weight is 336 g/mol. The molecule has 124 valence electrons. The van der Waals surface area contributed by atoms with Gasteiger partial charge in [-0.1, -0.05) is 12.8 Å². The Balaban J connectivity index is 1.72. The number of ether oxygens (including phenoxy) is 1. The number of rotatable bonds is 5. The van der Waals surface area contributed by atoms with Crippen LogP contribution in [0.2, 0.25) is 0 Å². The maximum absolute atomic E-state index is 11.8. The number of hydrogen-bond acceptors (Lipinski definition) is 5. The highest BCUT2D eigenvalue weighted by molar-refractivity contribution is 7.98. The maximum Gasteiger partial charge on any atom is 0.338 e. The minimum Gasteiger partial charge on any atom is -0.452 e. The Morgan fingerprint density at radius 1 is 1.17 bits per heavy atom. The van der Waals surface area contributed by atoms with Crippen molar-refractivity contribution >= 4 is 29.7 Å². The summed E-state index contributed by atoms with van der Waals surface area (Å²) < 4.78 is 4.90. The van der Waals surface area contributed by atoms with Gasteiger partial charge in [0.2, 0.25) is 0 Å². The number of urea groups is 1. The molecule has 0 saturated heterocycles. The molecular weight excluding hydrogens is 316 g/mol. The minimum atomic E-state index is -0.644. The lowest BCUT2D eigenvalue weighted by atomic mass is 10.2. The number of hydrogen-bond donors (Lipinski definition) is 2. The molecule has 0 radical (unpaired) electrons. The lowest BCUT2D eigenvalue weighted by Gasteiger charge is -2.12. The average Bonchev–Trinajstić information content (AvgIpc) is 3.05. The van der Waals surface area contributed by atoms with Crippen molar-refractivity contribution in [1.82, 2.24) is 10.6 Å². The molecule has 1 aromatic carbocycles. The van der Waals surface area contributed by atoms with Gasteiger partial charge in [-0.15, -0.1) is 11.8 Å². The second-order valence-corrected chi connectivity index (χ2v) is 6.19. The van der Waals surface area contributed by atoms with E-state index in [-0.39, 0.29) is 6.04 Å². The normalized spacial score (nSPS) is 14.3. The maximum atomic E-state index is 11.8. The van der Waals surface area contributed by atoms with Crippen LogP contribution in [0.5, 0.6) is 0 Å². The van der Waals surface area contributed by atoms with Gasteiger partial charge in [-0.25, -0.2) is 9.59 Å². The summed E-state index contributed by atoms with van der Waals surface area (Å²) in [6.45, 7) is -0.485. The number of esters is 1. The Morgan fingerprint density at radius 3 is 2.43 bits per heavy atom. The van der Waals surface area contributed by atoms with Crippen molar-refractivity contribution in [3.63, 3.8) is 0 Å². The first-order valence-electron chi connectivity index (χ1n) is 7.50. The van der Waals surface area contributed by atoms with Crippen molar-refractivity contribution in [3.05, 3.63) is 29.8 Å². The molecule has 1 fully saturated rings. The van der Waals surface area contributed by atoms with Gasteiger partial charge in [-0.2, -0.15) is 0 Å². The van der Waals surface area contributed by atoms with Crippen LogP contribution in [0.4, 0.5) is 4.79 Å². The third kappa shape index (κ3) is 5.59. The molecular formula is C16H20N2O4S. The first kappa shape index (κ1) is 17.3. The predicted octanol–water partition coefficient (Wildman–Crippen LogP) is 2.33. The fourth-order valence-electron chi connectivity index (χ4n) is 2.40. The quantitative estimate of drug-likeness (QED) is 0.637. The molecule has 23 heavy (non-hydrogen) atoms. The van der Waals surface area contributed by atoms with Gasteiger partial charge in [-0.3, -0.25) is 10.1 Å². The van der Waals surface area contributed by atoms with Gasteiger partial charge in [0.1, 0.15) is 0 Å². The molecule has 0 spiro atoms. The van der Waals surface area contributed by atoms with E-state index in [1.165, 1.54) is 0 Å². The van der Waals surface area contributed by atoms with Crippen molar-refractivity contribution in [2.75, 3.05) is 12.9 Å². The SMILES string of the molecule is CSc1ccc(C(=O)OCC(=O)NC(=O)NC2CCCC2)cc1. The number of nitrogens with one attached hydrogen (secondary N) is 2. The van der Waals surface area contributed by atoms with E-state index in [9.17, 15) is 14.4 Å². The van der Waals surface area contributed by atoms with Crippen LogP contribution in [0, 0.1) is 0 Å². The van der Waals surface area contributed by atoms with Gasteiger partial charge in [0, 0.05) is 10.9 Å². The van der Waals surface area contributed by atoms with Crippen LogP contribution < -0.4 is 10.6 Å². The van der Waals surface area contributed by atoms with Gasteiger partial charge in [0.05, 0.1) is 5.56 Å². The highest BCUT2D eigenvalue weighted by atomic mass is 32.2. The molecule has 0 atom stereocenters. The van der Waals surface area contributed by atoms with E-state index in [0.717, 1.165) is 30.6 Å². The summed E-state index contributed by atoms with van der Waals surface area (Å²) in [6.07, 6.45) is 5.98. The fourth-order valence-corrected chi connectivity index (χ4v) is 2.80. The van der Waals surface area contributed by atoms with E-state index < -0.39 is 24.5 Å². The molecule has 1 saturated carbocycles. The van der Waals surface area contributed by atoms with Crippen molar-refractivity contribution in [2.24, 2.45) is 0 Å². The lowest BCUT2D eigenvalue weighted by Crippen LogP contribution is -2.44. The van der Waals surface area contributed by atoms with E-state index in [0.29, 0.717) is 5.56 Å². The Morgan fingerprint density at radius 2 is 1.83 bits per heavy atom. The summed E-state index contributed by atoms with van der Waals surface area (Å²) >= 11 is 1.57. The molecule has 7 heteroatoms. The van der Waals surface area contributed by atoms with Gasteiger partial charge in [0.25, 0.3) is 5.91 Å². The zero-order valence-corrected chi connectivity index (χ0v) is 13.8. The molecule has 0 heterocycles. The number of carbonyl (C=O) groups is 3. The second kappa shape index (κ2) is 8.57. The summed E-state index contributed by atoms with van der Waals surface area (Å²) in [5.41, 5.74) is 0.367. The van der Waals surface area contributed by atoms with Gasteiger partial charge >= 0.3 is 12.0 Å². The highest BCUT2D eigenvalue weighted by Crippen LogP contribution is 2.17. The number of imide groups is 1. The zero-order valence-electron chi connectivity index (χ0n) is 13.0. The van der Waals surface area contributed by atoms with E-state index in [1.807, 2.05) is 6.26 Å². The molecule has 6 nitrogen and oxygen atoms in total. The molecule has 0 unspecified atom stereocenters. The van der Waals surface area contributed by atoms with E-state index >= 15 is 0 Å². The molecule has 0 aliphatic heterocycles. The number of thioether (sulfide) groups is 1. The van der Waals surface area contributed by atoms with Crippen molar-refractivity contribution < 1.29 is 19.1 Å². The smallest absolute Gasteiger partial charge is 0.338 e. The highest BCUT2D eigenvalue weighted by Gasteiger charge is 2.18. The monoisotopic (exact) mass is 336 g/mol. The Hall–Kier alpha value is -2.02. The van der Waals surface area contributed by atoms with Crippen LogP contribution >= 0.6 is 11.8 Å². The van der Waals surface area contributed by atoms with Crippen molar-refractivity contribution in [3.8, 4) is 0 Å². The molecule has 1 aliphatic carbocycles. The number of amides is 3. The van der Waals surface area contributed by atoms with Crippen LogP contribution in [-0.2, 0) is 9.53 Å². The first-order chi connectivity index (χ1) is 11.1. The summed E-state index contributed by atoms with van der Waals surface area (Å²) in [7, 11) is 0. The number of carbonyl (C=O) groups excluding carboxylic acids is 3. The Kier molecular flexibility index (Phi) is 6.46. The Labute approximate surface area is 139 Å². The largest absolute Gasteiger partial charge is 0.452 e. The molecule has 3 amide bonds. The third-order valence-electron chi connectivity index (χ3n) is 3.60. The fraction of sp³-hybridized carbons (Fsp3) is 0.438. The molecule has 1 aromatic rings. The van der Waals surface area contributed by atoms with Crippen molar-refractivity contribution in [2.45, 2.75) is 36.6 Å². The van der Waals surface area contributed by atoms with Gasteiger partial charge in [0.15, 0.2) is 6.61 Å². The summed E-state index contributed by atoms with van der Waals surface area (Å²) in [5, 5.41) is 4.89. The van der Waals surface area contributed by atoms with Crippen LogP contribution in [0.1, 0.15) is 36.0 Å². The molecule has 0 bridgehead atoms. The third-order valence-corrected chi connectivity index (χ3v) is 4.35. The zero-order chi connectivity index (χ0) is 16.7. The molecule has 2 rings (SSSR count).